The van der Waals surface area contributed by atoms with Gasteiger partial charge in [0.2, 0.25) is 0 Å². The van der Waals surface area contributed by atoms with Gasteiger partial charge in [-0.25, -0.2) is 0 Å². The Morgan fingerprint density at radius 1 is 1.22 bits per heavy atom. The van der Waals surface area contributed by atoms with Crippen LogP contribution in [0.2, 0.25) is 0 Å². The molecule has 0 saturated carbocycles. The van der Waals surface area contributed by atoms with Crippen molar-refractivity contribution < 1.29 is 17.1 Å². The summed E-state index contributed by atoms with van der Waals surface area (Å²) in [6.07, 6.45) is 0. The Hall–Kier alpha value is 0.439. The summed E-state index contributed by atoms with van der Waals surface area (Å²) in [6.45, 7) is 8.36. The summed E-state index contributed by atoms with van der Waals surface area (Å²) < 4.78 is 0. The molecule has 0 saturated heterocycles. The monoisotopic (exact) mass is 179 g/mol. The van der Waals surface area contributed by atoms with E-state index in [1.807, 2.05) is 0 Å². The second kappa shape index (κ2) is 8.44. The molecule has 0 aromatic carbocycles. The smallest absolute Gasteiger partial charge is 0.0104 e. The molecule has 0 amide bonds. The van der Waals surface area contributed by atoms with E-state index in [0.29, 0.717) is 0 Å². The number of likely N-dealkylation sites (N-methyl/N-ethyl adjacent to an activating group) is 1. The van der Waals surface area contributed by atoms with Gasteiger partial charge >= 0.3 is 0 Å². The molecule has 0 aromatic rings. The van der Waals surface area contributed by atoms with Crippen LogP contribution in [0.25, 0.3) is 0 Å². The van der Waals surface area contributed by atoms with E-state index in [9.17, 15) is 0 Å². The van der Waals surface area contributed by atoms with Crippen LogP contribution in [0, 0.1) is 0 Å². The Bertz CT molecular complexity index is 46.3. The van der Waals surface area contributed by atoms with E-state index in [0.717, 1.165) is 26.2 Å². The van der Waals surface area contributed by atoms with Crippen LogP contribution < -0.4 is 5.73 Å². The Kier molecular flexibility index (Phi) is 11.4. The van der Waals surface area contributed by atoms with Crippen LogP contribution in [0.15, 0.2) is 0 Å². The Morgan fingerprint density at radius 3 is 1.78 bits per heavy atom. The molecular weight excluding hydrogens is 164 g/mol. The minimum absolute atomic E-state index is 0. The van der Waals surface area contributed by atoms with E-state index >= 15 is 0 Å². The van der Waals surface area contributed by atoms with Crippen LogP contribution in [0.5, 0.6) is 0 Å². The van der Waals surface area contributed by atoms with E-state index in [1.54, 1.807) is 0 Å². The standard InChI is InChI=1S/C6H16N2.Cu/c1-3-8(4-2)6-5-7;/h3-7H2,1-2H3;. The summed E-state index contributed by atoms with van der Waals surface area (Å²) in [5.74, 6) is 0. The number of nitrogens with two attached hydrogens (primary N) is 1. The van der Waals surface area contributed by atoms with E-state index in [-0.39, 0.29) is 17.1 Å². The largest absolute Gasteiger partial charge is 0.329 e. The zero-order valence-corrected chi connectivity index (χ0v) is 7.10. The molecule has 0 bridgehead atoms. The molecule has 3 heteroatoms. The van der Waals surface area contributed by atoms with Gasteiger partial charge in [-0.2, -0.15) is 0 Å². The fraction of sp³-hybridized carbons (Fsp3) is 1.00. The summed E-state index contributed by atoms with van der Waals surface area (Å²) in [6, 6.07) is 0. The molecule has 0 heterocycles. The molecule has 0 unspecified atom stereocenters. The fourth-order valence-electron chi connectivity index (χ4n) is 0.722. The molecule has 0 rings (SSSR count). The number of rotatable bonds is 4. The quantitative estimate of drug-likeness (QED) is 0.629. The molecule has 0 aliphatic rings. The first-order chi connectivity index (χ1) is 3.85. The molecule has 0 aliphatic heterocycles. The van der Waals surface area contributed by atoms with E-state index in [2.05, 4.69) is 18.7 Å². The van der Waals surface area contributed by atoms with Crippen molar-refractivity contribution in [3.63, 3.8) is 0 Å². The summed E-state index contributed by atoms with van der Waals surface area (Å²) in [5, 5.41) is 0. The topological polar surface area (TPSA) is 29.3 Å². The van der Waals surface area contributed by atoms with Gasteiger partial charge in [-0.3, -0.25) is 0 Å². The summed E-state index contributed by atoms with van der Waals surface area (Å²) in [4.78, 5) is 2.31. The second-order valence-electron chi connectivity index (χ2n) is 1.82. The summed E-state index contributed by atoms with van der Waals surface area (Å²) >= 11 is 0. The second-order valence-corrected chi connectivity index (χ2v) is 1.82. The Morgan fingerprint density at radius 2 is 1.67 bits per heavy atom. The average Bonchev–Trinajstić information content (AvgIpc) is 1.83. The van der Waals surface area contributed by atoms with Gasteiger partial charge < -0.3 is 10.6 Å². The molecule has 61 valence electrons. The number of hydrogen-bond donors (Lipinski definition) is 1. The number of nitrogens with zero attached hydrogens (tertiary/aromatic N) is 1. The predicted molar refractivity (Wildman–Crippen MR) is 36.8 cm³/mol. The van der Waals surface area contributed by atoms with Crippen molar-refractivity contribution in [2.45, 2.75) is 13.8 Å². The molecule has 0 fully saturated rings. The molecule has 2 nitrogen and oxygen atoms in total. The van der Waals surface area contributed by atoms with Crippen molar-refractivity contribution in [3.05, 3.63) is 0 Å². The van der Waals surface area contributed by atoms with Gasteiger partial charge in [0, 0.05) is 30.2 Å². The minimum atomic E-state index is 0. The normalized spacial score (nSPS) is 9.33. The zero-order valence-electron chi connectivity index (χ0n) is 6.15. The maximum atomic E-state index is 5.34. The van der Waals surface area contributed by atoms with Crippen molar-refractivity contribution in [1.82, 2.24) is 4.90 Å². The van der Waals surface area contributed by atoms with Crippen LogP contribution in [0.4, 0.5) is 0 Å². The molecule has 0 aliphatic carbocycles. The van der Waals surface area contributed by atoms with Gasteiger partial charge in [-0.05, 0) is 13.1 Å². The molecule has 0 aromatic heterocycles. The Balaban J connectivity index is 0. The Labute approximate surface area is 68.3 Å². The molecule has 2 N–H and O–H groups in total. The van der Waals surface area contributed by atoms with Crippen molar-refractivity contribution >= 4 is 0 Å². The third-order valence-electron chi connectivity index (χ3n) is 1.34. The molecule has 9 heavy (non-hydrogen) atoms. The van der Waals surface area contributed by atoms with Crippen LogP contribution in [-0.4, -0.2) is 31.1 Å². The SMILES string of the molecule is CCN(CC)CCN.[Cu]. The molecule has 1 radical (unpaired) electrons. The van der Waals surface area contributed by atoms with Crippen molar-refractivity contribution in [2.24, 2.45) is 5.73 Å². The first kappa shape index (κ1) is 12.1. The van der Waals surface area contributed by atoms with Crippen LogP contribution in [0.3, 0.4) is 0 Å². The van der Waals surface area contributed by atoms with Crippen molar-refractivity contribution in [3.8, 4) is 0 Å². The summed E-state index contributed by atoms with van der Waals surface area (Å²) in [5.41, 5.74) is 5.34. The van der Waals surface area contributed by atoms with E-state index in [1.165, 1.54) is 0 Å². The fourth-order valence-corrected chi connectivity index (χ4v) is 0.722. The van der Waals surface area contributed by atoms with Crippen LogP contribution >= 0.6 is 0 Å². The van der Waals surface area contributed by atoms with Crippen molar-refractivity contribution in [1.29, 1.82) is 0 Å². The van der Waals surface area contributed by atoms with E-state index in [4.69, 9.17) is 5.73 Å². The van der Waals surface area contributed by atoms with E-state index < -0.39 is 0 Å². The van der Waals surface area contributed by atoms with Gasteiger partial charge in [-0.1, -0.05) is 13.8 Å². The molecule has 0 atom stereocenters. The van der Waals surface area contributed by atoms with Gasteiger partial charge in [0.1, 0.15) is 0 Å². The van der Waals surface area contributed by atoms with Gasteiger partial charge in [0.15, 0.2) is 0 Å². The van der Waals surface area contributed by atoms with Gasteiger partial charge in [0.25, 0.3) is 0 Å². The maximum Gasteiger partial charge on any atom is 0.0104 e. The predicted octanol–water partition coefficient (Wildman–Crippen LogP) is 0.284. The first-order valence-corrected chi connectivity index (χ1v) is 3.27. The average molecular weight is 180 g/mol. The first-order valence-electron chi connectivity index (χ1n) is 3.27. The number of hydrogen-bond acceptors (Lipinski definition) is 2. The van der Waals surface area contributed by atoms with Gasteiger partial charge in [-0.15, -0.1) is 0 Å². The molecular formula is C6H16CuN2. The van der Waals surface area contributed by atoms with Gasteiger partial charge in [0.05, 0.1) is 0 Å². The third-order valence-corrected chi connectivity index (χ3v) is 1.34. The van der Waals surface area contributed by atoms with Crippen molar-refractivity contribution in [2.75, 3.05) is 26.2 Å². The van der Waals surface area contributed by atoms with Crippen LogP contribution in [-0.2, 0) is 17.1 Å². The minimum Gasteiger partial charge on any atom is -0.329 e. The third kappa shape index (κ3) is 6.32. The maximum absolute atomic E-state index is 5.34. The van der Waals surface area contributed by atoms with Crippen LogP contribution in [0.1, 0.15) is 13.8 Å². The summed E-state index contributed by atoms with van der Waals surface area (Å²) in [7, 11) is 0. The molecule has 0 spiro atoms. The zero-order chi connectivity index (χ0) is 6.41.